The van der Waals surface area contributed by atoms with Gasteiger partial charge in [0.1, 0.15) is 0 Å². The average molecular weight is 290 g/mol. The van der Waals surface area contributed by atoms with E-state index in [1.165, 1.54) is 18.5 Å². The Morgan fingerprint density at radius 3 is 2.57 bits per heavy atom. The second kappa shape index (κ2) is 7.91. The summed E-state index contributed by atoms with van der Waals surface area (Å²) in [5, 5.41) is 3.25. The maximum atomic E-state index is 11.3. The Morgan fingerprint density at radius 2 is 1.95 bits per heavy atom. The first-order valence-electron chi connectivity index (χ1n) is 7.93. The predicted molar refractivity (Wildman–Crippen MR) is 86.8 cm³/mol. The van der Waals surface area contributed by atoms with Gasteiger partial charge in [0.05, 0.1) is 13.0 Å². The fourth-order valence-corrected chi connectivity index (χ4v) is 2.60. The van der Waals surface area contributed by atoms with Gasteiger partial charge in [0.2, 0.25) is 0 Å². The lowest BCUT2D eigenvalue weighted by molar-refractivity contribution is -0.142. The van der Waals surface area contributed by atoms with Crippen LogP contribution in [-0.4, -0.2) is 32.2 Å². The average Bonchev–Trinajstić information content (AvgIpc) is 2.49. The minimum Gasteiger partial charge on any atom is -0.466 e. The Labute approximate surface area is 127 Å². The summed E-state index contributed by atoms with van der Waals surface area (Å²) in [6, 6.07) is 8.47. The second-order valence-electron chi connectivity index (χ2n) is 5.70. The second-order valence-corrected chi connectivity index (χ2v) is 5.70. The zero-order valence-electron chi connectivity index (χ0n) is 13.1. The van der Waals surface area contributed by atoms with Gasteiger partial charge in [0.15, 0.2) is 0 Å². The number of nitrogens with zero attached hydrogens (tertiary/aromatic N) is 1. The first-order valence-corrected chi connectivity index (χ1v) is 7.93. The van der Waals surface area contributed by atoms with Gasteiger partial charge in [-0.25, -0.2) is 0 Å². The highest BCUT2D eigenvalue weighted by molar-refractivity contribution is 5.70. The molecule has 4 nitrogen and oxygen atoms in total. The summed E-state index contributed by atoms with van der Waals surface area (Å²) >= 11 is 0. The molecule has 0 aromatic heterocycles. The summed E-state index contributed by atoms with van der Waals surface area (Å²) in [6.07, 6.45) is 2.96. The summed E-state index contributed by atoms with van der Waals surface area (Å²) in [7, 11) is 0. The van der Waals surface area contributed by atoms with Crippen LogP contribution >= 0.6 is 0 Å². The Morgan fingerprint density at radius 1 is 1.29 bits per heavy atom. The lowest BCUT2D eigenvalue weighted by atomic mass is 9.99. The molecule has 1 aliphatic heterocycles. The number of hydrogen-bond acceptors (Lipinski definition) is 4. The molecule has 1 fully saturated rings. The third-order valence-corrected chi connectivity index (χ3v) is 3.98. The highest BCUT2D eigenvalue weighted by Crippen LogP contribution is 2.24. The monoisotopic (exact) mass is 290 g/mol. The molecule has 1 N–H and O–H groups in total. The Bertz CT molecular complexity index is 437. The molecule has 1 aromatic rings. The van der Waals surface area contributed by atoms with Crippen LogP contribution in [0.5, 0.6) is 0 Å². The zero-order valence-corrected chi connectivity index (χ0v) is 13.1. The van der Waals surface area contributed by atoms with E-state index < -0.39 is 0 Å². The first-order chi connectivity index (χ1) is 10.2. The molecule has 116 valence electrons. The summed E-state index contributed by atoms with van der Waals surface area (Å²) in [6.45, 7) is 7.51. The summed E-state index contributed by atoms with van der Waals surface area (Å²) in [4.78, 5) is 13.7. The fourth-order valence-electron chi connectivity index (χ4n) is 2.60. The minimum atomic E-state index is -0.149. The number of nitrogens with one attached hydrogen (secondary N) is 1. The van der Waals surface area contributed by atoms with E-state index in [4.69, 9.17) is 4.74 Å². The number of carbonyl (C=O) groups excluding carboxylic acids is 1. The molecule has 0 unspecified atom stereocenters. The zero-order chi connectivity index (χ0) is 15.1. The van der Waals surface area contributed by atoms with Crippen molar-refractivity contribution in [2.24, 2.45) is 5.92 Å². The van der Waals surface area contributed by atoms with E-state index in [1.54, 1.807) is 0 Å². The maximum Gasteiger partial charge on any atom is 0.307 e. The highest BCUT2D eigenvalue weighted by atomic mass is 16.5. The smallest absolute Gasteiger partial charge is 0.307 e. The summed E-state index contributed by atoms with van der Waals surface area (Å²) in [5.41, 5.74) is 2.34. The van der Waals surface area contributed by atoms with Crippen LogP contribution in [0.1, 0.15) is 33.1 Å². The topological polar surface area (TPSA) is 41.6 Å². The SMILES string of the molecule is CCOC(=O)CCNc1ccc(N2CCC(C)CC2)cc1. The standard InChI is InChI=1S/C17H26N2O2/c1-3-21-17(20)8-11-18-15-4-6-16(7-5-15)19-12-9-14(2)10-13-19/h4-7,14,18H,3,8-13H2,1-2H3. The number of rotatable bonds is 6. The molecule has 1 saturated heterocycles. The van der Waals surface area contributed by atoms with Crippen molar-refractivity contribution in [3.8, 4) is 0 Å². The van der Waals surface area contributed by atoms with E-state index in [9.17, 15) is 4.79 Å². The fraction of sp³-hybridized carbons (Fsp3) is 0.588. The Balaban J connectivity index is 1.78. The Kier molecular flexibility index (Phi) is 5.90. The highest BCUT2D eigenvalue weighted by Gasteiger charge is 2.15. The molecule has 1 aliphatic rings. The molecule has 1 heterocycles. The van der Waals surface area contributed by atoms with E-state index in [1.807, 2.05) is 6.92 Å². The van der Waals surface area contributed by atoms with Crippen molar-refractivity contribution in [3.05, 3.63) is 24.3 Å². The van der Waals surface area contributed by atoms with Crippen LogP contribution in [-0.2, 0) is 9.53 Å². The van der Waals surface area contributed by atoms with Crippen LogP contribution in [0.3, 0.4) is 0 Å². The Hall–Kier alpha value is -1.71. The maximum absolute atomic E-state index is 11.3. The van der Waals surface area contributed by atoms with E-state index in [0.717, 1.165) is 24.7 Å². The molecule has 0 amide bonds. The first kappa shape index (κ1) is 15.7. The van der Waals surface area contributed by atoms with Crippen molar-refractivity contribution in [3.63, 3.8) is 0 Å². The van der Waals surface area contributed by atoms with Crippen molar-refractivity contribution >= 4 is 17.3 Å². The van der Waals surface area contributed by atoms with Gasteiger partial charge in [0.25, 0.3) is 0 Å². The number of anilines is 2. The van der Waals surface area contributed by atoms with Crippen molar-refractivity contribution in [1.82, 2.24) is 0 Å². The van der Waals surface area contributed by atoms with E-state index in [2.05, 4.69) is 41.4 Å². The van der Waals surface area contributed by atoms with Crippen LogP contribution in [0.25, 0.3) is 0 Å². The summed E-state index contributed by atoms with van der Waals surface area (Å²) < 4.78 is 4.90. The van der Waals surface area contributed by atoms with Gasteiger partial charge in [-0.3, -0.25) is 4.79 Å². The lowest BCUT2D eigenvalue weighted by Crippen LogP contribution is -2.32. The van der Waals surface area contributed by atoms with Crippen molar-refractivity contribution in [1.29, 1.82) is 0 Å². The number of hydrogen-bond donors (Lipinski definition) is 1. The third-order valence-electron chi connectivity index (χ3n) is 3.98. The molecular formula is C17H26N2O2. The molecular weight excluding hydrogens is 264 g/mol. The van der Waals surface area contributed by atoms with Gasteiger partial charge in [-0.15, -0.1) is 0 Å². The normalized spacial score (nSPS) is 15.8. The van der Waals surface area contributed by atoms with Crippen molar-refractivity contribution in [2.75, 3.05) is 36.5 Å². The molecule has 0 radical (unpaired) electrons. The van der Waals surface area contributed by atoms with Crippen LogP contribution in [0.15, 0.2) is 24.3 Å². The van der Waals surface area contributed by atoms with Gasteiger partial charge in [0, 0.05) is 31.0 Å². The largest absolute Gasteiger partial charge is 0.466 e. The van der Waals surface area contributed by atoms with Gasteiger partial charge < -0.3 is 15.0 Å². The van der Waals surface area contributed by atoms with E-state index in [0.29, 0.717) is 19.6 Å². The molecule has 0 aliphatic carbocycles. The van der Waals surface area contributed by atoms with E-state index >= 15 is 0 Å². The molecule has 0 atom stereocenters. The molecule has 0 spiro atoms. The molecule has 0 bridgehead atoms. The molecule has 2 rings (SSSR count). The molecule has 4 heteroatoms. The number of piperidine rings is 1. The quantitative estimate of drug-likeness (QED) is 0.816. The van der Waals surface area contributed by atoms with E-state index in [-0.39, 0.29) is 5.97 Å². The molecule has 0 saturated carbocycles. The van der Waals surface area contributed by atoms with Gasteiger partial charge in [-0.1, -0.05) is 6.92 Å². The predicted octanol–water partition coefficient (Wildman–Crippen LogP) is 3.29. The number of esters is 1. The summed E-state index contributed by atoms with van der Waals surface area (Å²) in [5.74, 6) is 0.703. The molecule has 1 aromatic carbocycles. The van der Waals surface area contributed by atoms with Crippen LogP contribution in [0, 0.1) is 5.92 Å². The number of ether oxygens (including phenoxy) is 1. The van der Waals surface area contributed by atoms with Gasteiger partial charge in [-0.05, 0) is 49.9 Å². The third kappa shape index (κ3) is 4.96. The van der Waals surface area contributed by atoms with Crippen LogP contribution < -0.4 is 10.2 Å². The van der Waals surface area contributed by atoms with Gasteiger partial charge in [-0.2, -0.15) is 0 Å². The van der Waals surface area contributed by atoms with Crippen molar-refractivity contribution < 1.29 is 9.53 Å². The van der Waals surface area contributed by atoms with Crippen LogP contribution in [0.4, 0.5) is 11.4 Å². The van der Waals surface area contributed by atoms with Crippen molar-refractivity contribution in [2.45, 2.75) is 33.1 Å². The number of carbonyl (C=O) groups is 1. The minimum absolute atomic E-state index is 0.149. The lowest BCUT2D eigenvalue weighted by Gasteiger charge is -2.32. The van der Waals surface area contributed by atoms with Gasteiger partial charge >= 0.3 is 5.97 Å². The molecule has 21 heavy (non-hydrogen) atoms. The van der Waals surface area contributed by atoms with Crippen LogP contribution in [0.2, 0.25) is 0 Å². The number of benzene rings is 1.